The van der Waals surface area contributed by atoms with Crippen molar-refractivity contribution in [1.82, 2.24) is 14.5 Å². The second kappa shape index (κ2) is 14.1. The fourth-order valence-electron chi connectivity index (χ4n) is 4.41. The van der Waals surface area contributed by atoms with Crippen LogP contribution < -0.4 is 14.8 Å². The van der Waals surface area contributed by atoms with E-state index in [-0.39, 0.29) is 36.4 Å². The van der Waals surface area contributed by atoms with Gasteiger partial charge in [-0.25, -0.2) is 8.42 Å². The minimum Gasteiger partial charge on any atom is -0.496 e. The number of carbonyl (C=O) groups excluding carboxylic acids is 2. The second-order valence-corrected chi connectivity index (χ2v) is 11.4. The van der Waals surface area contributed by atoms with Crippen LogP contribution in [0.25, 0.3) is 0 Å². The summed E-state index contributed by atoms with van der Waals surface area (Å²) in [5, 5.41) is 2.89. The van der Waals surface area contributed by atoms with Crippen molar-refractivity contribution in [3.05, 3.63) is 90.0 Å². The van der Waals surface area contributed by atoms with E-state index in [9.17, 15) is 18.0 Å². The Balaban J connectivity index is 1.41. The van der Waals surface area contributed by atoms with E-state index >= 15 is 0 Å². The standard InChI is InChI=1S/C30H35N3O7S/c1-23(30(35)31-20-25-10-6-7-11-28(25)38-2)33(21-24-8-4-3-5-9-24)29(34)22-40-26-12-14-27(15-13-26)41(36,37)32-16-18-39-19-17-32/h3-15,23H,16-22H2,1-2H3,(H,31,35). The highest BCUT2D eigenvalue weighted by atomic mass is 32.2. The molecule has 0 saturated carbocycles. The van der Waals surface area contributed by atoms with Crippen LogP contribution in [-0.4, -0.2) is 75.5 Å². The number of nitrogens with one attached hydrogen (secondary N) is 1. The van der Waals surface area contributed by atoms with Gasteiger partial charge in [0.15, 0.2) is 6.61 Å². The minimum atomic E-state index is -3.64. The SMILES string of the molecule is COc1ccccc1CNC(=O)C(C)N(Cc1ccccc1)C(=O)COc1ccc(S(=O)(=O)N2CCOCC2)cc1. The zero-order chi connectivity index (χ0) is 29.2. The number of hydrogen-bond acceptors (Lipinski definition) is 7. The number of carbonyl (C=O) groups is 2. The summed E-state index contributed by atoms with van der Waals surface area (Å²) in [5.74, 6) is 0.290. The smallest absolute Gasteiger partial charge is 0.261 e. The van der Waals surface area contributed by atoms with Crippen LogP contribution in [0.3, 0.4) is 0 Å². The van der Waals surface area contributed by atoms with E-state index in [2.05, 4.69) is 5.32 Å². The van der Waals surface area contributed by atoms with E-state index < -0.39 is 16.1 Å². The van der Waals surface area contributed by atoms with Crippen molar-refractivity contribution in [2.45, 2.75) is 31.0 Å². The fraction of sp³-hybridized carbons (Fsp3) is 0.333. The molecule has 2 amide bonds. The number of rotatable bonds is 12. The lowest BCUT2D eigenvalue weighted by Crippen LogP contribution is -2.48. The lowest BCUT2D eigenvalue weighted by molar-refractivity contribution is -0.142. The van der Waals surface area contributed by atoms with Gasteiger partial charge >= 0.3 is 0 Å². The third-order valence-electron chi connectivity index (χ3n) is 6.80. The van der Waals surface area contributed by atoms with Gasteiger partial charge in [-0.1, -0.05) is 48.5 Å². The molecule has 1 saturated heterocycles. The molecule has 1 unspecified atom stereocenters. The number of para-hydroxylation sites is 1. The molecule has 0 bridgehead atoms. The highest BCUT2D eigenvalue weighted by Gasteiger charge is 2.28. The molecule has 1 aliphatic heterocycles. The van der Waals surface area contributed by atoms with Gasteiger partial charge in [-0.3, -0.25) is 9.59 Å². The topological polar surface area (TPSA) is 114 Å². The fourth-order valence-corrected chi connectivity index (χ4v) is 5.82. The molecule has 1 heterocycles. The monoisotopic (exact) mass is 581 g/mol. The van der Waals surface area contributed by atoms with Gasteiger partial charge in [0.05, 0.1) is 25.2 Å². The first-order chi connectivity index (χ1) is 19.8. The van der Waals surface area contributed by atoms with E-state index in [0.29, 0.717) is 37.8 Å². The molecular weight excluding hydrogens is 546 g/mol. The van der Waals surface area contributed by atoms with Crippen LogP contribution in [-0.2, 0) is 37.4 Å². The molecule has 1 fully saturated rings. The first-order valence-corrected chi connectivity index (χ1v) is 14.8. The van der Waals surface area contributed by atoms with Gasteiger partial charge in [0.2, 0.25) is 15.9 Å². The molecule has 1 atom stereocenters. The van der Waals surface area contributed by atoms with Crippen LogP contribution in [0.4, 0.5) is 0 Å². The van der Waals surface area contributed by atoms with Crippen LogP contribution in [0.15, 0.2) is 83.8 Å². The van der Waals surface area contributed by atoms with E-state index in [0.717, 1.165) is 11.1 Å². The van der Waals surface area contributed by atoms with E-state index in [1.165, 1.54) is 33.5 Å². The van der Waals surface area contributed by atoms with Crippen LogP contribution in [0, 0.1) is 0 Å². The number of sulfonamides is 1. The van der Waals surface area contributed by atoms with Crippen LogP contribution in [0.5, 0.6) is 11.5 Å². The van der Waals surface area contributed by atoms with Gasteiger partial charge in [0, 0.05) is 31.7 Å². The average molecular weight is 582 g/mol. The number of methoxy groups -OCH3 is 1. The Morgan fingerprint density at radius 1 is 0.976 bits per heavy atom. The number of ether oxygens (including phenoxy) is 3. The number of morpholine rings is 1. The Hall–Kier alpha value is -3.93. The number of nitrogens with zero attached hydrogens (tertiary/aromatic N) is 2. The quantitative estimate of drug-likeness (QED) is 0.350. The van der Waals surface area contributed by atoms with Crippen molar-refractivity contribution in [3.8, 4) is 11.5 Å². The Bertz CT molecular complexity index is 1410. The molecule has 3 aromatic carbocycles. The Kier molecular flexibility index (Phi) is 10.3. The largest absolute Gasteiger partial charge is 0.496 e. The van der Waals surface area contributed by atoms with Gasteiger partial charge in [-0.05, 0) is 42.8 Å². The van der Waals surface area contributed by atoms with Crippen molar-refractivity contribution in [3.63, 3.8) is 0 Å². The molecule has 10 nitrogen and oxygen atoms in total. The summed E-state index contributed by atoms with van der Waals surface area (Å²) in [6, 6.07) is 21.9. The lowest BCUT2D eigenvalue weighted by Gasteiger charge is -2.29. The Morgan fingerprint density at radius 2 is 1.63 bits per heavy atom. The van der Waals surface area contributed by atoms with Crippen molar-refractivity contribution in [2.24, 2.45) is 0 Å². The maximum absolute atomic E-state index is 13.4. The van der Waals surface area contributed by atoms with E-state index in [4.69, 9.17) is 14.2 Å². The van der Waals surface area contributed by atoms with Gasteiger partial charge < -0.3 is 24.4 Å². The van der Waals surface area contributed by atoms with Crippen LogP contribution in [0.2, 0.25) is 0 Å². The number of hydrogen-bond donors (Lipinski definition) is 1. The summed E-state index contributed by atoms with van der Waals surface area (Å²) in [6.07, 6.45) is 0. The van der Waals surface area contributed by atoms with Crippen molar-refractivity contribution >= 4 is 21.8 Å². The molecule has 3 aromatic rings. The summed E-state index contributed by atoms with van der Waals surface area (Å²) in [6.45, 7) is 3.13. The molecular formula is C30H35N3O7S. The highest BCUT2D eigenvalue weighted by Crippen LogP contribution is 2.21. The van der Waals surface area contributed by atoms with E-state index in [1.54, 1.807) is 14.0 Å². The molecule has 0 spiro atoms. The molecule has 218 valence electrons. The predicted molar refractivity (Wildman–Crippen MR) is 153 cm³/mol. The molecule has 4 rings (SSSR count). The molecule has 11 heteroatoms. The van der Waals surface area contributed by atoms with Crippen molar-refractivity contribution in [1.29, 1.82) is 0 Å². The summed E-state index contributed by atoms with van der Waals surface area (Å²) in [5.41, 5.74) is 1.68. The molecule has 1 aliphatic rings. The predicted octanol–water partition coefficient (Wildman–Crippen LogP) is 2.83. The summed E-state index contributed by atoms with van der Waals surface area (Å²) < 4.78 is 43.5. The van der Waals surface area contributed by atoms with Gasteiger partial charge in [-0.2, -0.15) is 4.31 Å². The summed E-state index contributed by atoms with van der Waals surface area (Å²) >= 11 is 0. The molecule has 41 heavy (non-hydrogen) atoms. The van der Waals surface area contributed by atoms with Gasteiger partial charge in [0.1, 0.15) is 17.5 Å². The average Bonchev–Trinajstić information content (AvgIpc) is 3.02. The zero-order valence-electron chi connectivity index (χ0n) is 23.2. The first-order valence-electron chi connectivity index (χ1n) is 13.3. The van der Waals surface area contributed by atoms with Crippen molar-refractivity contribution < 1.29 is 32.2 Å². The summed E-state index contributed by atoms with van der Waals surface area (Å²) in [7, 11) is -2.07. The Labute approximate surface area is 240 Å². The molecule has 0 radical (unpaired) electrons. The van der Waals surface area contributed by atoms with Crippen LogP contribution >= 0.6 is 0 Å². The van der Waals surface area contributed by atoms with Crippen molar-refractivity contribution in [2.75, 3.05) is 40.0 Å². The number of amides is 2. The minimum absolute atomic E-state index is 0.143. The molecule has 0 aromatic heterocycles. The maximum atomic E-state index is 13.4. The first kappa shape index (κ1) is 30.0. The maximum Gasteiger partial charge on any atom is 0.261 e. The molecule has 0 aliphatic carbocycles. The Morgan fingerprint density at radius 3 is 2.32 bits per heavy atom. The second-order valence-electron chi connectivity index (χ2n) is 9.49. The molecule has 1 N–H and O–H groups in total. The lowest BCUT2D eigenvalue weighted by atomic mass is 10.1. The normalized spacial score (nSPS) is 14.6. The third kappa shape index (κ3) is 7.84. The van der Waals surface area contributed by atoms with E-state index in [1.807, 2.05) is 54.6 Å². The summed E-state index contributed by atoms with van der Waals surface area (Å²) in [4.78, 5) is 28.1. The zero-order valence-corrected chi connectivity index (χ0v) is 24.0. The highest BCUT2D eigenvalue weighted by molar-refractivity contribution is 7.89. The van der Waals surface area contributed by atoms with Gasteiger partial charge in [-0.15, -0.1) is 0 Å². The number of benzene rings is 3. The third-order valence-corrected chi connectivity index (χ3v) is 8.72. The van der Waals surface area contributed by atoms with Crippen LogP contribution in [0.1, 0.15) is 18.1 Å². The van der Waals surface area contributed by atoms with Gasteiger partial charge in [0.25, 0.3) is 5.91 Å².